The van der Waals surface area contributed by atoms with Crippen LogP contribution in [0.25, 0.3) is 0 Å². The van der Waals surface area contributed by atoms with E-state index in [1.165, 1.54) is 36.6 Å². The number of hydrogen-bond donors (Lipinski definition) is 0. The van der Waals surface area contributed by atoms with Crippen LogP contribution in [0.1, 0.15) is 15.9 Å². The third-order valence-electron chi connectivity index (χ3n) is 2.44. The van der Waals surface area contributed by atoms with Crippen molar-refractivity contribution in [2.45, 2.75) is 12.8 Å². The van der Waals surface area contributed by atoms with Gasteiger partial charge in [0.15, 0.2) is 10.5 Å². The molecule has 0 unspecified atom stereocenters. The summed E-state index contributed by atoms with van der Waals surface area (Å²) in [6.07, 6.45) is -3.29. The highest BCUT2D eigenvalue weighted by Gasteiger charge is 2.30. The van der Waals surface area contributed by atoms with Crippen molar-refractivity contribution in [1.29, 1.82) is 0 Å². The van der Waals surface area contributed by atoms with Crippen molar-refractivity contribution in [3.8, 4) is 5.75 Å². The Kier molecular flexibility index (Phi) is 4.17. The Bertz CT molecular complexity index is 602. The molecule has 3 nitrogen and oxygen atoms in total. The van der Waals surface area contributed by atoms with E-state index in [0.29, 0.717) is 15.8 Å². The second-order valence-corrected chi connectivity index (χ2v) is 4.62. The monoisotopic (exact) mass is 348 g/mol. The van der Waals surface area contributed by atoms with E-state index >= 15 is 0 Å². The molecule has 106 valence electrons. The van der Waals surface area contributed by atoms with E-state index in [1.807, 2.05) is 0 Å². The highest BCUT2D eigenvalue weighted by atomic mass is 79.9. The molecule has 1 aromatic carbocycles. The lowest BCUT2D eigenvalue weighted by atomic mass is 10.1. The van der Waals surface area contributed by atoms with Gasteiger partial charge >= 0.3 is 6.36 Å². The minimum absolute atomic E-state index is 0.0600. The van der Waals surface area contributed by atoms with Crippen molar-refractivity contribution in [2.75, 3.05) is 0 Å². The van der Waals surface area contributed by atoms with Crippen molar-refractivity contribution >= 4 is 21.7 Å². The van der Waals surface area contributed by atoms with Gasteiger partial charge < -0.3 is 9.15 Å². The first-order valence-corrected chi connectivity index (χ1v) is 6.25. The number of ketones is 1. The average molecular weight is 349 g/mol. The highest BCUT2D eigenvalue weighted by molar-refractivity contribution is 9.10. The predicted octanol–water partition coefficient (Wildman–Crippen LogP) is 4.37. The fraction of sp³-hybridized carbons (Fsp3) is 0.154. The molecule has 20 heavy (non-hydrogen) atoms. The van der Waals surface area contributed by atoms with Crippen LogP contribution in [-0.2, 0) is 6.42 Å². The van der Waals surface area contributed by atoms with Gasteiger partial charge in [0.05, 0.1) is 11.8 Å². The molecule has 2 rings (SSSR count). The van der Waals surface area contributed by atoms with E-state index in [0.717, 1.165) is 0 Å². The van der Waals surface area contributed by atoms with Gasteiger partial charge in [-0.1, -0.05) is 12.1 Å². The van der Waals surface area contributed by atoms with Crippen LogP contribution in [0.3, 0.4) is 0 Å². The van der Waals surface area contributed by atoms with Gasteiger partial charge in [-0.2, -0.15) is 0 Å². The smallest absolute Gasteiger partial charge is 0.457 e. The normalized spacial score (nSPS) is 11.4. The van der Waals surface area contributed by atoms with E-state index in [9.17, 15) is 18.0 Å². The summed E-state index contributed by atoms with van der Waals surface area (Å²) in [6, 6.07) is 6.68. The van der Waals surface area contributed by atoms with Crippen LogP contribution in [0.4, 0.5) is 13.2 Å². The van der Waals surface area contributed by atoms with Crippen LogP contribution >= 0.6 is 15.9 Å². The fourth-order valence-corrected chi connectivity index (χ4v) is 2.04. The Morgan fingerprint density at radius 1 is 1.20 bits per heavy atom. The molecule has 0 radical (unpaired) electrons. The maximum absolute atomic E-state index is 12.0. The summed E-state index contributed by atoms with van der Waals surface area (Å²) >= 11 is 3.09. The molecule has 1 aromatic heterocycles. The molecule has 0 atom stereocenters. The largest absolute Gasteiger partial charge is 0.573 e. The fourth-order valence-electron chi connectivity index (χ4n) is 1.58. The van der Waals surface area contributed by atoms with Crippen LogP contribution in [0.2, 0.25) is 0 Å². The second-order valence-electron chi connectivity index (χ2n) is 3.90. The zero-order chi connectivity index (χ0) is 14.8. The van der Waals surface area contributed by atoms with E-state index in [-0.39, 0.29) is 18.0 Å². The number of halogens is 4. The molecule has 0 saturated carbocycles. The summed E-state index contributed by atoms with van der Waals surface area (Å²) < 4.78 is 45.0. The molecule has 0 amide bonds. The lowest BCUT2D eigenvalue weighted by Crippen LogP contribution is -2.17. The number of hydrogen-bond acceptors (Lipinski definition) is 3. The van der Waals surface area contributed by atoms with Crippen LogP contribution in [0.5, 0.6) is 5.75 Å². The lowest BCUT2D eigenvalue weighted by Gasteiger charge is -2.09. The average Bonchev–Trinajstić information content (AvgIpc) is 2.76. The number of carbonyl (C=O) groups is 1. The first-order valence-electron chi connectivity index (χ1n) is 5.46. The summed E-state index contributed by atoms with van der Waals surface area (Å²) in [4.78, 5) is 11.9. The van der Waals surface area contributed by atoms with E-state index < -0.39 is 6.36 Å². The van der Waals surface area contributed by atoms with E-state index in [2.05, 4.69) is 20.7 Å². The summed E-state index contributed by atoms with van der Waals surface area (Å²) in [5.41, 5.74) is 0.971. The van der Waals surface area contributed by atoms with Crippen LogP contribution in [0.15, 0.2) is 45.7 Å². The third-order valence-corrected chi connectivity index (χ3v) is 3.05. The first-order chi connectivity index (χ1) is 9.35. The molecule has 0 fully saturated rings. The molecule has 1 heterocycles. The molecule has 0 N–H and O–H groups in total. The van der Waals surface area contributed by atoms with Gasteiger partial charge in [-0.25, -0.2) is 0 Å². The van der Waals surface area contributed by atoms with Crippen molar-refractivity contribution < 1.29 is 27.1 Å². The summed E-state index contributed by atoms with van der Waals surface area (Å²) in [7, 11) is 0. The van der Waals surface area contributed by atoms with E-state index in [1.54, 1.807) is 0 Å². The maximum atomic E-state index is 12.0. The maximum Gasteiger partial charge on any atom is 0.573 e. The van der Waals surface area contributed by atoms with Crippen LogP contribution in [0, 0.1) is 0 Å². The van der Waals surface area contributed by atoms with Crippen LogP contribution < -0.4 is 4.74 Å². The quantitative estimate of drug-likeness (QED) is 0.770. The third kappa shape index (κ3) is 3.86. The Hall–Kier alpha value is -1.76. The van der Waals surface area contributed by atoms with Gasteiger partial charge in [0.2, 0.25) is 0 Å². The van der Waals surface area contributed by atoms with Gasteiger partial charge in [0.1, 0.15) is 5.75 Å². The van der Waals surface area contributed by atoms with Crippen LogP contribution in [-0.4, -0.2) is 12.1 Å². The number of alkyl halides is 3. The number of benzene rings is 1. The number of furan rings is 1. The predicted molar refractivity (Wildman–Crippen MR) is 67.6 cm³/mol. The molecule has 0 spiro atoms. The first kappa shape index (κ1) is 14.6. The Morgan fingerprint density at radius 3 is 2.35 bits per heavy atom. The Morgan fingerprint density at radius 2 is 1.85 bits per heavy atom. The van der Waals surface area contributed by atoms with Crippen molar-refractivity contribution in [3.63, 3.8) is 0 Å². The van der Waals surface area contributed by atoms with Gasteiger partial charge in [0, 0.05) is 6.42 Å². The zero-order valence-electron chi connectivity index (χ0n) is 9.91. The molecule has 0 saturated heterocycles. The van der Waals surface area contributed by atoms with Gasteiger partial charge in [-0.15, -0.1) is 13.2 Å². The lowest BCUT2D eigenvalue weighted by molar-refractivity contribution is -0.274. The zero-order valence-corrected chi connectivity index (χ0v) is 11.5. The van der Waals surface area contributed by atoms with Gasteiger partial charge in [0.25, 0.3) is 0 Å². The standard InChI is InChI=1S/C13H8BrF3O3/c14-12-10(5-6-19-12)11(18)7-8-1-3-9(4-2-8)20-13(15,16)17/h1-6H,7H2. The van der Waals surface area contributed by atoms with Gasteiger partial charge in [-0.3, -0.25) is 4.79 Å². The topological polar surface area (TPSA) is 39.4 Å². The van der Waals surface area contributed by atoms with Crippen molar-refractivity contribution in [3.05, 3.63) is 52.4 Å². The summed E-state index contributed by atoms with van der Waals surface area (Å²) in [5, 5.41) is 0. The van der Waals surface area contributed by atoms with Crippen molar-refractivity contribution in [2.24, 2.45) is 0 Å². The second kappa shape index (κ2) is 5.70. The summed E-state index contributed by atoms with van der Waals surface area (Å²) in [6.45, 7) is 0. The number of Topliss-reactive ketones (excluding diaryl/α,β-unsaturated/α-hetero) is 1. The Labute approximate surface area is 120 Å². The molecule has 7 heteroatoms. The van der Waals surface area contributed by atoms with E-state index in [4.69, 9.17) is 4.42 Å². The number of ether oxygens (including phenoxy) is 1. The van der Waals surface area contributed by atoms with Gasteiger partial charge in [-0.05, 0) is 39.7 Å². The Balaban J connectivity index is 2.04. The molecule has 0 aliphatic rings. The molecule has 0 aliphatic heterocycles. The molecule has 2 aromatic rings. The minimum Gasteiger partial charge on any atom is -0.457 e. The van der Waals surface area contributed by atoms with Crippen molar-refractivity contribution in [1.82, 2.24) is 0 Å². The highest BCUT2D eigenvalue weighted by Crippen LogP contribution is 2.24. The molecular formula is C13H8BrF3O3. The number of rotatable bonds is 4. The minimum atomic E-state index is -4.72. The SMILES string of the molecule is O=C(Cc1ccc(OC(F)(F)F)cc1)c1ccoc1Br. The molecule has 0 aliphatic carbocycles. The number of carbonyl (C=O) groups excluding carboxylic acids is 1. The molecular weight excluding hydrogens is 341 g/mol. The summed E-state index contributed by atoms with van der Waals surface area (Å²) in [5.74, 6) is -0.520. The molecule has 0 bridgehead atoms.